The van der Waals surface area contributed by atoms with Crippen LogP contribution in [0.2, 0.25) is 5.02 Å². The first-order chi connectivity index (χ1) is 11.7. The minimum atomic E-state index is 0.337. The number of aliphatic hydroxyl groups excluding tert-OH is 1. The molecule has 3 nitrogen and oxygen atoms in total. The van der Waals surface area contributed by atoms with Gasteiger partial charge in [0.25, 0.3) is 0 Å². The van der Waals surface area contributed by atoms with Crippen LogP contribution in [0.25, 0.3) is 0 Å². The summed E-state index contributed by atoms with van der Waals surface area (Å²) in [6, 6.07) is 8.55. The third kappa shape index (κ3) is 5.19. The smallest absolute Gasteiger partial charge is 0.0586 e. The lowest BCUT2D eigenvalue weighted by molar-refractivity contribution is 0.124. The molecule has 1 heterocycles. The van der Waals surface area contributed by atoms with Gasteiger partial charge in [0.15, 0.2) is 0 Å². The second-order valence-electron chi connectivity index (χ2n) is 7.62. The topological polar surface area (TPSA) is 35.5 Å². The highest BCUT2D eigenvalue weighted by Gasteiger charge is 2.28. The Morgan fingerprint density at radius 1 is 1.04 bits per heavy atom. The van der Waals surface area contributed by atoms with E-state index < -0.39 is 0 Å². The summed E-state index contributed by atoms with van der Waals surface area (Å²) in [5, 5.41) is 13.9. The first kappa shape index (κ1) is 18.2. The lowest BCUT2D eigenvalue weighted by Gasteiger charge is -2.33. The van der Waals surface area contributed by atoms with Crippen LogP contribution in [-0.2, 0) is 6.54 Å². The fourth-order valence-electron chi connectivity index (χ4n) is 4.31. The fourth-order valence-corrected chi connectivity index (χ4v) is 4.44. The number of nitrogens with one attached hydrogen (secondary N) is 1. The van der Waals surface area contributed by atoms with Crippen molar-refractivity contribution >= 4 is 11.6 Å². The zero-order chi connectivity index (χ0) is 16.8. The van der Waals surface area contributed by atoms with E-state index in [4.69, 9.17) is 11.6 Å². The molecule has 2 aliphatic rings. The Bertz CT molecular complexity index is 485. The summed E-state index contributed by atoms with van der Waals surface area (Å²) in [7, 11) is 0. The molecular weight excluding hydrogens is 320 g/mol. The van der Waals surface area contributed by atoms with Crippen LogP contribution in [0.4, 0.5) is 0 Å². The first-order valence-corrected chi connectivity index (χ1v) is 9.92. The van der Waals surface area contributed by atoms with E-state index in [0.29, 0.717) is 12.6 Å². The van der Waals surface area contributed by atoms with Crippen molar-refractivity contribution in [2.45, 2.75) is 51.1 Å². The summed E-state index contributed by atoms with van der Waals surface area (Å²) >= 11 is 5.92. The molecule has 0 spiro atoms. The van der Waals surface area contributed by atoms with Gasteiger partial charge in [0, 0.05) is 24.2 Å². The van der Waals surface area contributed by atoms with Crippen LogP contribution in [-0.4, -0.2) is 42.3 Å². The van der Waals surface area contributed by atoms with Gasteiger partial charge in [0.2, 0.25) is 0 Å². The molecule has 1 aromatic rings. The Hall–Kier alpha value is -0.610. The molecule has 134 valence electrons. The van der Waals surface area contributed by atoms with Gasteiger partial charge in [-0.1, -0.05) is 23.7 Å². The standard InChI is InChI=1S/C20H31ClN2O/c21-19-9-7-17(8-10-19)13-22-12-16-3-5-18(6-4-16)14-23-11-1-2-20(23)15-24/h7-10,16,18,20,22,24H,1-6,11-15H2. The highest BCUT2D eigenvalue weighted by atomic mass is 35.5. The second-order valence-corrected chi connectivity index (χ2v) is 8.05. The summed E-state index contributed by atoms with van der Waals surface area (Å²) in [6.45, 7) is 4.79. The Kier molecular flexibility index (Phi) is 6.96. The molecule has 0 amide bonds. The minimum Gasteiger partial charge on any atom is -0.395 e. The zero-order valence-corrected chi connectivity index (χ0v) is 15.3. The van der Waals surface area contributed by atoms with Crippen LogP contribution in [0.5, 0.6) is 0 Å². The molecule has 2 fully saturated rings. The van der Waals surface area contributed by atoms with Crippen LogP contribution >= 0.6 is 11.6 Å². The molecule has 1 saturated heterocycles. The average Bonchev–Trinajstić information content (AvgIpc) is 3.05. The highest BCUT2D eigenvalue weighted by molar-refractivity contribution is 6.30. The molecule has 1 aromatic carbocycles. The van der Waals surface area contributed by atoms with Gasteiger partial charge >= 0.3 is 0 Å². The van der Waals surface area contributed by atoms with Crippen LogP contribution in [0.1, 0.15) is 44.1 Å². The number of aliphatic hydroxyl groups is 1. The van der Waals surface area contributed by atoms with E-state index in [1.807, 2.05) is 12.1 Å². The van der Waals surface area contributed by atoms with E-state index in [9.17, 15) is 5.11 Å². The maximum Gasteiger partial charge on any atom is 0.0586 e. The molecule has 0 bridgehead atoms. The average molecular weight is 351 g/mol. The van der Waals surface area contributed by atoms with Gasteiger partial charge in [0.1, 0.15) is 0 Å². The van der Waals surface area contributed by atoms with Gasteiger partial charge in [0.05, 0.1) is 6.61 Å². The number of hydrogen-bond donors (Lipinski definition) is 2. The quantitative estimate of drug-likeness (QED) is 0.787. The van der Waals surface area contributed by atoms with Crippen LogP contribution in [0, 0.1) is 11.8 Å². The van der Waals surface area contributed by atoms with Crippen LogP contribution in [0.3, 0.4) is 0 Å². The Balaban J connectivity index is 1.32. The molecule has 2 N–H and O–H groups in total. The predicted octanol–water partition coefficient (Wildman–Crippen LogP) is 3.69. The Labute approximate surface area is 151 Å². The van der Waals surface area contributed by atoms with Gasteiger partial charge in [-0.15, -0.1) is 0 Å². The largest absolute Gasteiger partial charge is 0.395 e. The van der Waals surface area contributed by atoms with E-state index >= 15 is 0 Å². The van der Waals surface area contributed by atoms with Gasteiger partial charge in [-0.05, 0) is 81.1 Å². The summed E-state index contributed by atoms with van der Waals surface area (Å²) in [6.07, 6.45) is 7.82. The van der Waals surface area contributed by atoms with Crippen molar-refractivity contribution in [1.29, 1.82) is 0 Å². The molecule has 1 atom stereocenters. The van der Waals surface area contributed by atoms with Crippen molar-refractivity contribution in [3.8, 4) is 0 Å². The van der Waals surface area contributed by atoms with Crippen molar-refractivity contribution in [3.05, 3.63) is 34.9 Å². The number of rotatable bonds is 7. The SMILES string of the molecule is OCC1CCCN1CC1CCC(CNCc2ccc(Cl)cc2)CC1. The zero-order valence-electron chi connectivity index (χ0n) is 14.6. The molecule has 1 aliphatic carbocycles. The third-order valence-electron chi connectivity index (χ3n) is 5.84. The molecule has 4 heteroatoms. The maximum atomic E-state index is 9.46. The lowest BCUT2D eigenvalue weighted by Crippen LogP contribution is -2.37. The van der Waals surface area contributed by atoms with E-state index in [1.165, 1.54) is 57.2 Å². The molecule has 1 saturated carbocycles. The normalized spacial score (nSPS) is 28.3. The molecule has 3 rings (SSSR count). The van der Waals surface area contributed by atoms with E-state index in [0.717, 1.165) is 29.9 Å². The summed E-state index contributed by atoms with van der Waals surface area (Å²) in [4.78, 5) is 2.53. The molecule has 1 unspecified atom stereocenters. The van der Waals surface area contributed by atoms with E-state index in [2.05, 4.69) is 22.3 Å². The number of benzene rings is 1. The summed E-state index contributed by atoms with van der Waals surface area (Å²) in [5.41, 5.74) is 1.30. The lowest BCUT2D eigenvalue weighted by atomic mass is 9.81. The molecule has 0 aromatic heterocycles. The molecule has 1 aliphatic heterocycles. The summed E-state index contributed by atoms with van der Waals surface area (Å²) in [5.74, 6) is 1.66. The number of nitrogens with zero attached hydrogens (tertiary/aromatic N) is 1. The van der Waals surface area contributed by atoms with E-state index in [1.54, 1.807) is 0 Å². The van der Waals surface area contributed by atoms with Gasteiger partial charge in [-0.25, -0.2) is 0 Å². The van der Waals surface area contributed by atoms with Crippen molar-refractivity contribution < 1.29 is 5.11 Å². The van der Waals surface area contributed by atoms with Crippen molar-refractivity contribution in [3.63, 3.8) is 0 Å². The van der Waals surface area contributed by atoms with Crippen LogP contribution < -0.4 is 5.32 Å². The van der Waals surface area contributed by atoms with Gasteiger partial charge in [-0.3, -0.25) is 4.90 Å². The van der Waals surface area contributed by atoms with Crippen LogP contribution in [0.15, 0.2) is 24.3 Å². The second kappa shape index (κ2) is 9.19. The monoisotopic (exact) mass is 350 g/mol. The molecular formula is C20H31ClN2O. The van der Waals surface area contributed by atoms with E-state index in [-0.39, 0.29) is 0 Å². The number of halogens is 1. The molecule has 0 radical (unpaired) electrons. The van der Waals surface area contributed by atoms with Gasteiger partial charge < -0.3 is 10.4 Å². The van der Waals surface area contributed by atoms with Crippen molar-refractivity contribution in [1.82, 2.24) is 10.2 Å². The predicted molar refractivity (Wildman–Crippen MR) is 100 cm³/mol. The number of hydrogen-bond acceptors (Lipinski definition) is 3. The first-order valence-electron chi connectivity index (χ1n) is 9.54. The third-order valence-corrected chi connectivity index (χ3v) is 6.10. The fraction of sp³-hybridized carbons (Fsp3) is 0.700. The van der Waals surface area contributed by atoms with Gasteiger partial charge in [-0.2, -0.15) is 0 Å². The maximum absolute atomic E-state index is 9.46. The van der Waals surface area contributed by atoms with Crippen molar-refractivity contribution in [2.24, 2.45) is 11.8 Å². The minimum absolute atomic E-state index is 0.337. The summed E-state index contributed by atoms with van der Waals surface area (Å²) < 4.78 is 0. The van der Waals surface area contributed by atoms with Crippen molar-refractivity contribution in [2.75, 3.05) is 26.2 Å². The Morgan fingerprint density at radius 3 is 2.46 bits per heavy atom. The Morgan fingerprint density at radius 2 is 1.75 bits per heavy atom. The highest BCUT2D eigenvalue weighted by Crippen LogP contribution is 2.30. The number of likely N-dealkylation sites (tertiary alicyclic amines) is 1. The molecule has 24 heavy (non-hydrogen) atoms.